The summed E-state index contributed by atoms with van der Waals surface area (Å²) < 4.78 is 18.2. The minimum atomic E-state index is -0.299. The monoisotopic (exact) mass is 311 g/mol. The molecule has 1 heterocycles. The van der Waals surface area contributed by atoms with E-state index in [1.165, 1.54) is 12.1 Å². The van der Waals surface area contributed by atoms with Crippen molar-refractivity contribution in [2.75, 3.05) is 0 Å². The third kappa shape index (κ3) is 3.60. The Kier molecular flexibility index (Phi) is 4.14. The summed E-state index contributed by atoms with van der Waals surface area (Å²) in [6, 6.07) is 12.9. The van der Waals surface area contributed by atoms with Crippen LogP contribution in [0.5, 0.6) is 0 Å². The number of hydrogen-bond acceptors (Lipinski definition) is 4. The molecule has 116 valence electrons. The molecule has 0 fully saturated rings. The lowest BCUT2D eigenvalue weighted by Gasteiger charge is -2.06. The van der Waals surface area contributed by atoms with Gasteiger partial charge in [0.2, 0.25) is 11.8 Å². The molecule has 0 atom stereocenters. The number of aryl methyl sites for hydroxylation is 1. The Labute approximate surface area is 132 Å². The SMILES string of the molecule is Cc1nnc(-c2ccc(C(=O)NCc3ccc(F)cc3)cc2)o1. The van der Waals surface area contributed by atoms with E-state index in [2.05, 4.69) is 15.5 Å². The van der Waals surface area contributed by atoms with Crippen molar-refractivity contribution in [2.45, 2.75) is 13.5 Å². The molecule has 1 N–H and O–H groups in total. The van der Waals surface area contributed by atoms with E-state index >= 15 is 0 Å². The highest BCUT2D eigenvalue weighted by Gasteiger charge is 2.09. The fourth-order valence-electron chi connectivity index (χ4n) is 2.06. The molecule has 1 aromatic heterocycles. The van der Waals surface area contributed by atoms with Crippen LogP contribution in [0.2, 0.25) is 0 Å². The number of benzene rings is 2. The van der Waals surface area contributed by atoms with Crippen LogP contribution in [0.15, 0.2) is 52.9 Å². The quantitative estimate of drug-likeness (QED) is 0.804. The molecule has 0 radical (unpaired) electrons. The number of hydrogen-bond donors (Lipinski definition) is 1. The van der Waals surface area contributed by atoms with Crippen molar-refractivity contribution in [1.82, 2.24) is 15.5 Å². The third-order valence-electron chi connectivity index (χ3n) is 3.29. The summed E-state index contributed by atoms with van der Waals surface area (Å²) in [6.45, 7) is 2.05. The number of nitrogens with zero attached hydrogens (tertiary/aromatic N) is 2. The lowest BCUT2D eigenvalue weighted by molar-refractivity contribution is 0.0951. The van der Waals surface area contributed by atoms with Gasteiger partial charge in [0, 0.05) is 24.6 Å². The van der Waals surface area contributed by atoms with Crippen molar-refractivity contribution in [3.05, 3.63) is 71.4 Å². The number of carbonyl (C=O) groups is 1. The molecule has 0 aliphatic carbocycles. The molecule has 0 aliphatic heterocycles. The first-order valence-corrected chi connectivity index (χ1v) is 7.05. The van der Waals surface area contributed by atoms with Gasteiger partial charge in [-0.05, 0) is 42.0 Å². The Bertz CT molecular complexity index is 811. The number of nitrogens with one attached hydrogen (secondary N) is 1. The first-order chi connectivity index (χ1) is 11.1. The van der Waals surface area contributed by atoms with Gasteiger partial charge in [-0.15, -0.1) is 10.2 Å². The second kappa shape index (κ2) is 6.39. The van der Waals surface area contributed by atoms with Crippen molar-refractivity contribution in [3.8, 4) is 11.5 Å². The summed E-state index contributed by atoms with van der Waals surface area (Å²) >= 11 is 0. The number of carbonyl (C=O) groups excluding carboxylic acids is 1. The second-order valence-electron chi connectivity index (χ2n) is 5.01. The number of rotatable bonds is 4. The molecule has 23 heavy (non-hydrogen) atoms. The second-order valence-corrected chi connectivity index (χ2v) is 5.01. The van der Waals surface area contributed by atoms with Crippen LogP contribution in [0.1, 0.15) is 21.8 Å². The van der Waals surface area contributed by atoms with Gasteiger partial charge in [-0.2, -0.15) is 0 Å². The Hall–Kier alpha value is -3.02. The van der Waals surface area contributed by atoms with E-state index in [-0.39, 0.29) is 11.7 Å². The van der Waals surface area contributed by atoms with Crippen molar-refractivity contribution in [1.29, 1.82) is 0 Å². The van der Waals surface area contributed by atoms with Crippen molar-refractivity contribution >= 4 is 5.91 Å². The van der Waals surface area contributed by atoms with Gasteiger partial charge in [0.05, 0.1) is 0 Å². The topological polar surface area (TPSA) is 68.0 Å². The fourth-order valence-corrected chi connectivity index (χ4v) is 2.06. The molecular formula is C17H14FN3O2. The smallest absolute Gasteiger partial charge is 0.251 e. The molecule has 3 rings (SSSR count). The van der Waals surface area contributed by atoms with Crippen LogP contribution in [0, 0.1) is 12.7 Å². The molecule has 0 saturated carbocycles. The van der Waals surface area contributed by atoms with Gasteiger partial charge < -0.3 is 9.73 Å². The molecule has 0 aliphatic rings. The van der Waals surface area contributed by atoms with Gasteiger partial charge in [0.15, 0.2) is 0 Å². The van der Waals surface area contributed by atoms with Crippen LogP contribution < -0.4 is 5.32 Å². The minimum Gasteiger partial charge on any atom is -0.421 e. The van der Waals surface area contributed by atoms with Gasteiger partial charge in [0.25, 0.3) is 5.91 Å². The Morgan fingerprint density at radius 1 is 1.09 bits per heavy atom. The molecule has 6 heteroatoms. The van der Waals surface area contributed by atoms with E-state index in [0.717, 1.165) is 11.1 Å². The largest absolute Gasteiger partial charge is 0.421 e. The van der Waals surface area contributed by atoms with E-state index < -0.39 is 0 Å². The molecule has 3 aromatic rings. The molecule has 1 amide bonds. The van der Waals surface area contributed by atoms with Gasteiger partial charge >= 0.3 is 0 Å². The van der Waals surface area contributed by atoms with E-state index in [1.807, 2.05) is 0 Å². The summed E-state index contributed by atoms with van der Waals surface area (Å²) in [6.07, 6.45) is 0. The zero-order chi connectivity index (χ0) is 16.2. The van der Waals surface area contributed by atoms with Crippen LogP contribution in [-0.4, -0.2) is 16.1 Å². The summed E-state index contributed by atoms with van der Waals surface area (Å²) in [5, 5.41) is 10.5. The van der Waals surface area contributed by atoms with Gasteiger partial charge in [0.1, 0.15) is 5.82 Å². The Balaban J connectivity index is 1.64. The van der Waals surface area contributed by atoms with Crippen molar-refractivity contribution in [2.24, 2.45) is 0 Å². The predicted molar refractivity (Wildman–Crippen MR) is 82.0 cm³/mol. The standard InChI is InChI=1S/C17H14FN3O2/c1-11-20-21-17(23-11)14-6-4-13(5-7-14)16(22)19-10-12-2-8-15(18)9-3-12/h2-9H,10H2,1H3,(H,19,22). The summed E-state index contributed by atoms with van der Waals surface area (Å²) in [7, 11) is 0. The van der Waals surface area contributed by atoms with E-state index in [0.29, 0.717) is 23.9 Å². The van der Waals surface area contributed by atoms with Gasteiger partial charge in [-0.1, -0.05) is 12.1 Å². The molecule has 0 unspecified atom stereocenters. The van der Waals surface area contributed by atoms with E-state index in [9.17, 15) is 9.18 Å². The average Bonchev–Trinajstić information content (AvgIpc) is 3.01. The van der Waals surface area contributed by atoms with E-state index in [4.69, 9.17) is 4.42 Å². The van der Waals surface area contributed by atoms with Gasteiger partial charge in [-0.25, -0.2) is 4.39 Å². The highest BCUT2D eigenvalue weighted by atomic mass is 19.1. The highest BCUT2D eigenvalue weighted by molar-refractivity contribution is 5.94. The van der Waals surface area contributed by atoms with Crippen LogP contribution >= 0.6 is 0 Å². The zero-order valence-electron chi connectivity index (χ0n) is 12.4. The summed E-state index contributed by atoms with van der Waals surface area (Å²) in [4.78, 5) is 12.1. The highest BCUT2D eigenvalue weighted by Crippen LogP contribution is 2.18. The van der Waals surface area contributed by atoms with Crippen LogP contribution in [-0.2, 0) is 6.54 Å². The van der Waals surface area contributed by atoms with Crippen LogP contribution in [0.3, 0.4) is 0 Å². The summed E-state index contributed by atoms with van der Waals surface area (Å²) in [5.74, 6) is 0.399. The Morgan fingerprint density at radius 3 is 2.39 bits per heavy atom. The van der Waals surface area contributed by atoms with Crippen molar-refractivity contribution in [3.63, 3.8) is 0 Å². The molecule has 0 saturated heterocycles. The maximum atomic E-state index is 12.8. The first kappa shape index (κ1) is 14.9. The van der Waals surface area contributed by atoms with Gasteiger partial charge in [-0.3, -0.25) is 4.79 Å². The molecule has 2 aromatic carbocycles. The minimum absolute atomic E-state index is 0.206. The molecular weight excluding hydrogens is 297 g/mol. The normalized spacial score (nSPS) is 10.5. The third-order valence-corrected chi connectivity index (χ3v) is 3.29. The number of aromatic nitrogens is 2. The van der Waals surface area contributed by atoms with Crippen LogP contribution in [0.4, 0.5) is 4.39 Å². The fraction of sp³-hybridized carbons (Fsp3) is 0.118. The molecule has 5 nitrogen and oxygen atoms in total. The first-order valence-electron chi connectivity index (χ1n) is 7.05. The maximum Gasteiger partial charge on any atom is 0.251 e. The Morgan fingerprint density at radius 2 is 1.78 bits per heavy atom. The van der Waals surface area contributed by atoms with E-state index in [1.54, 1.807) is 43.3 Å². The molecule has 0 spiro atoms. The number of halogens is 1. The predicted octanol–water partition coefficient (Wildman–Crippen LogP) is 3.11. The number of amides is 1. The summed E-state index contributed by atoms with van der Waals surface area (Å²) in [5.41, 5.74) is 2.10. The van der Waals surface area contributed by atoms with Crippen LogP contribution in [0.25, 0.3) is 11.5 Å². The molecule has 0 bridgehead atoms. The average molecular weight is 311 g/mol. The lowest BCUT2D eigenvalue weighted by atomic mass is 10.1. The maximum absolute atomic E-state index is 12.8. The van der Waals surface area contributed by atoms with Crippen molar-refractivity contribution < 1.29 is 13.6 Å². The zero-order valence-corrected chi connectivity index (χ0v) is 12.4. The lowest BCUT2D eigenvalue weighted by Crippen LogP contribution is -2.22.